The van der Waals surface area contributed by atoms with Crippen LogP contribution in [0.4, 0.5) is 0 Å². The monoisotopic (exact) mass is 352 g/mol. The van der Waals surface area contributed by atoms with E-state index in [1.165, 1.54) is 0 Å². The minimum atomic E-state index is -0.0844. The third-order valence-corrected chi connectivity index (χ3v) is 5.41. The topological polar surface area (TPSA) is 75.2 Å². The van der Waals surface area contributed by atoms with Crippen LogP contribution in [0.1, 0.15) is 47.4 Å². The third-order valence-electron chi connectivity index (χ3n) is 5.41. The predicted octanol–water partition coefficient (Wildman–Crippen LogP) is 2.38. The molecule has 6 nitrogen and oxygen atoms in total. The van der Waals surface area contributed by atoms with E-state index in [2.05, 4.69) is 15.3 Å². The molecule has 0 spiro atoms. The molecular formula is C20H24N4O2. The first-order chi connectivity index (χ1) is 12.5. The third kappa shape index (κ3) is 3.41. The van der Waals surface area contributed by atoms with Gasteiger partial charge in [-0.05, 0) is 57.7 Å². The maximum atomic E-state index is 12.6. The van der Waals surface area contributed by atoms with Crippen molar-refractivity contribution in [3.05, 3.63) is 35.2 Å². The van der Waals surface area contributed by atoms with Crippen LogP contribution in [0.5, 0.6) is 0 Å². The van der Waals surface area contributed by atoms with E-state index in [1.54, 1.807) is 12.1 Å². The molecule has 0 unspecified atom stereocenters. The summed E-state index contributed by atoms with van der Waals surface area (Å²) >= 11 is 0. The fourth-order valence-corrected chi connectivity index (χ4v) is 3.47. The summed E-state index contributed by atoms with van der Waals surface area (Å²) in [4.78, 5) is 35.7. The van der Waals surface area contributed by atoms with E-state index in [0.29, 0.717) is 11.5 Å². The summed E-state index contributed by atoms with van der Waals surface area (Å²) in [7, 11) is 0. The molecule has 1 N–H and O–H groups in total. The van der Waals surface area contributed by atoms with Crippen LogP contribution >= 0.6 is 0 Å². The van der Waals surface area contributed by atoms with Crippen LogP contribution in [0.2, 0.25) is 0 Å². The Kier molecular flexibility index (Phi) is 4.34. The molecular weight excluding hydrogens is 328 g/mol. The van der Waals surface area contributed by atoms with Gasteiger partial charge in [0.25, 0.3) is 5.91 Å². The van der Waals surface area contributed by atoms with Crippen molar-refractivity contribution >= 4 is 22.8 Å². The van der Waals surface area contributed by atoms with Gasteiger partial charge >= 0.3 is 0 Å². The average Bonchev–Trinajstić information content (AvgIpc) is 3.47. The van der Waals surface area contributed by atoms with Gasteiger partial charge in [-0.15, -0.1) is 0 Å². The minimum absolute atomic E-state index is 0.0844. The first-order valence-electron chi connectivity index (χ1n) is 9.36. The van der Waals surface area contributed by atoms with Crippen molar-refractivity contribution in [2.75, 3.05) is 13.1 Å². The number of aromatic nitrogens is 2. The number of likely N-dealkylation sites (tertiary alicyclic amines) is 1. The highest BCUT2D eigenvalue weighted by molar-refractivity contribution is 5.97. The van der Waals surface area contributed by atoms with E-state index in [4.69, 9.17) is 0 Å². The van der Waals surface area contributed by atoms with E-state index >= 15 is 0 Å². The Morgan fingerprint density at radius 1 is 1.00 bits per heavy atom. The molecule has 1 saturated carbocycles. The average molecular weight is 352 g/mol. The molecule has 2 aliphatic rings. The molecule has 1 aromatic carbocycles. The lowest BCUT2D eigenvalue weighted by atomic mass is 10.0. The van der Waals surface area contributed by atoms with Gasteiger partial charge in [-0.25, -0.2) is 9.97 Å². The molecule has 26 heavy (non-hydrogen) atoms. The van der Waals surface area contributed by atoms with E-state index in [0.717, 1.165) is 61.2 Å². The summed E-state index contributed by atoms with van der Waals surface area (Å²) in [6, 6.07) is 5.57. The van der Waals surface area contributed by atoms with Crippen LogP contribution in [0.3, 0.4) is 0 Å². The van der Waals surface area contributed by atoms with Crippen molar-refractivity contribution in [3.8, 4) is 0 Å². The molecule has 0 bridgehead atoms. The number of nitrogens with one attached hydrogen (secondary N) is 1. The number of hydrogen-bond acceptors (Lipinski definition) is 4. The highest BCUT2D eigenvalue weighted by Crippen LogP contribution is 2.31. The Morgan fingerprint density at radius 3 is 2.31 bits per heavy atom. The molecule has 6 heteroatoms. The number of amides is 2. The quantitative estimate of drug-likeness (QED) is 0.920. The predicted molar refractivity (Wildman–Crippen MR) is 98.8 cm³/mol. The zero-order valence-corrected chi connectivity index (χ0v) is 15.3. The van der Waals surface area contributed by atoms with Gasteiger partial charge in [-0.1, -0.05) is 0 Å². The van der Waals surface area contributed by atoms with Crippen molar-refractivity contribution in [3.63, 3.8) is 0 Å². The normalized spacial score (nSPS) is 18.2. The summed E-state index contributed by atoms with van der Waals surface area (Å²) in [5.74, 6) is 0.486. The number of aryl methyl sites for hydroxylation is 2. The maximum absolute atomic E-state index is 12.6. The molecule has 136 valence electrons. The largest absolute Gasteiger partial charge is 0.349 e. The van der Waals surface area contributed by atoms with Gasteiger partial charge in [0.05, 0.1) is 22.4 Å². The Balaban J connectivity index is 1.39. The number of fused-ring (bicyclic) bond motifs is 1. The number of piperidine rings is 1. The maximum Gasteiger partial charge on any atom is 0.251 e. The molecule has 2 aromatic rings. The number of nitrogens with zero attached hydrogens (tertiary/aromatic N) is 3. The minimum Gasteiger partial charge on any atom is -0.349 e. The molecule has 0 atom stereocenters. The summed E-state index contributed by atoms with van der Waals surface area (Å²) < 4.78 is 0. The fourth-order valence-electron chi connectivity index (χ4n) is 3.47. The summed E-state index contributed by atoms with van der Waals surface area (Å²) in [6.07, 6.45) is 3.71. The number of rotatable bonds is 3. The Bertz CT molecular complexity index is 867. The van der Waals surface area contributed by atoms with Crippen LogP contribution < -0.4 is 5.32 Å². The SMILES string of the molecule is Cc1nc2ccc(C(=O)NC3CCN(C(=O)C4CC4)CC3)cc2nc1C. The van der Waals surface area contributed by atoms with E-state index in [1.807, 2.05) is 24.8 Å². The van der Waals surface area contributed by atoms with E-state index in [9.17, 15) is 9.59 Å². The Hall–Kier alpha value is -2.50. The number of benzene rings is 1. The lowest BCUT2D eigenvalue weighted by Crippen LogP contribution is -2.47. The van der Waals surface area contributed by atoms with Crippen LogP contribution in [0.25, 0.3) is 11.0 Å². The summed E-state index contributed by atoms with van der Waals surface area (Å²) in [5.41, 5.74) is 3.93. The summed E-state index contributed by atoms with van der Waals surface area (Å²) in [5, 5.41) is 3.11. The van der Waals surface area contributed by atoms with Gasteiger partial charge in [-0.2, -0.15) is 0 Å². The highest BCUT2D eigenvalue weighted by Gasteiger charge is 2.35. The van der Waals surface area contributed by atoms with Gasteiger partial charge < -0.3 is 10.2 Å². The van der Waals surface area contributed by atoms with Crippen LogP contribution in [-0.4, -0.2) is 45.8 Å². The Labute approximate surface area is 153 Å². The van der Waals surface area contributed by atoms with Gasteiger partial charge in [0, 0.05) is 30.6 Å². The second kappa shape index (κ2) is 6.67. The van der Waals surface area contributed by atoms with Crippen molar-refractivity contribution < 1.29 is 9.59 Å². The Morgan fingerprint density at radius 2 is 1.65 bits per heavy atom. The van der Waals surface area contributed by atoms with Gasteiger partial charge in [0.1, 0.15) is 0 Å². The number of carbonyl (C=O) groups excluding carboxylic acids is 2. The molecule has 2 amide bonds. The lowest BCUT2D eigenvalue weighted by Gasteiger charge is -2.32. The highest BCUT2D eigenvalue weighted by atomic mass is 16.2. The molecule has 2 heterocycles. The van der Waals surface area contributed by atoms with Crippen molar-refractivity contribution in [2.45, 2.75) is 45.6 Å². The second-order valence-corrected chi connectivity index (χ2v) is 7.45. The summed E-state index contributed by atoms with van der Waals surface area (Å²) in [6.45, 7) is 5.33. The van der Waals surface area contributed by atoms with Crippen molar-refractivity contribution in [1.29, 1.82) is 0 Å². The smallest absolute Gasteiger partial charge is 0.251 e. The van der Waals surface area contributed by atoms with Crippen LogP contribution in [0.15, 0.2) is 18.2 Å². The molecule has 1 aromatic heterocycles. The van der Waals surface area contributed by atoms with E-state index in [-0.39, 0.29) is 17.9 Å². The standard InChI is InChI=1S/C20H24N4O2/c1-12-13(2)22-18-11-15(5-6-17(18)21-12)19(25)23-16-7-9-24(10-8-16)20(26)14-3-4-14/h5-6,11,14,16H,3-4,7-10H2,1-2H3,(H,23,25). The van der Waals surface area contributed by atoms with Crippen molar-refractivity contribution in [2.24, 2.45) is 5.92 Å². The first kappa shape index (κ1) is 16.9. The van der Waals surface area contributed by atoms with Gasteiger partial charge in [0.15, 0.2) is 0 Å². The molecule has 4 rings (SSSR count). The van der Waals surface area contributed by atoms with Crippen molar-refractivity contribution in [1.82, 2.24) is 20.2 Å². The first-order valence-corrected chi connectivity index (χ1v) is 9.36. The number of hydrogen-bond donors (Lipinski definition) is 1. The molecule has 1 aliphatic heterocycles. The van der Waals surface area contributed by atoms with E-state index < -0.39 is 0 Å². The second-order valence-electron chi connectivity index (χ2n) is 7.45. The van der Waals surface area contributed by atoms with Gasteiger partial charge in [0.2, 0.25) is 5.91 Å². The lowest BCUT2D eigenvalue weighted by molar-refractivity contribution is -0.133. The molecule has 0 radical (unpaired) electrons. The number of carbonyl (C=O) groups is 2. The molecule has 2 fully saturated rings. The zero-order valence-electron chi connectivity index (χ0n) is 15.3. The fraction of sp³-hybridized carbons (Fsp3) is 0.500. The van der Waals surface area contributed by atoms with Crippen LogP contribution in [-0.2, 0) is 4.79 Å². The van der Waals surface area contributed by atoms with Gasteiger partial charge in [-0.3, -0.25) is 9.59 Å². The molecule has 1 saturated heterocycles. The zero-order chi connectivity index (χ0) is 18.3. The van der Waals surface area contributed by atoms with Crippen LogP contribution in [0, 0.1) is 19.8 Å². The molecule has 1 aliphatic carbocycles.